The molecule has 0 aromatic carbocycles. The minimum Gasteiger partial charge on any atom is -0.289 e. The molecule has 0 spiro atoms. The average Bonchev–Trinajstić information content (AvgIpc) is 1.66. The Morgan fingerprint density at radius 2 is 2.38 bits per heavy atom. The molecule has 0 aliphatic rings. The number of hydrogen-bond acceptors (Lipinski definition) is 1. The van der Waals surface area contributed by atoms with Crippen LogP contribution in [0.5, 0.6) is 0 Å². The van der Waals surface area contributed by atoms with Crippen LogP contribution in [0.3, 0.4) is 0 Å². The van der Waals surface area contributed by atoms with Gasteiger partial charge in [-0.25, -0.2) is 4.21 Å². The molecule has 0 heterocycles. The van der Waals surface area contributed by atoms with E-state index in [4.69, 9.17) is 4.55 Å². The van der Waals surface area contributed by atoms with Gasteiger partial charge in [0.2, 0.25) is 0 Å². The molecular formula is C4H7NO2S. The van der Waals surface area contributed by atoms with Crippen molar-refractivity contribution in [2.24, 2.45) is 0 Å². The van der Waals surface area contributed by atoms with Crippen molar-refractivity contribution in [3.8, 4) is 0 Å². The normalized spacial score (nSPS) is 13.6. The Labute approximate surface area is 50.5 Å². The summed E-state index contributed by atoms with van der Waals surface area (Å²) in [6.07, 6.45) is 4.36. The Bertz CT molecular complexity index is 121. The maximum Gasteiger partial charge on any atom is 0.258 e. The van der Waals surface area contributed by atoms with Crippen molar-refractivity contribution in [3.63, 3.8) is 0 Å². The van der Waals surface area contributed by atoms with Crippen molar-refractivity contribution in [2.75, 3.05) is 0 Å². The third-order valence-corrected chi connectivity index (χ3v) is 0.739. The maximum atomic E-state index is 9.79. The highest BCUT2D eigenvalue weighted by molar-refractivity contribution is 7.77. The zero-order valence-electron chi connectivity index (χ0n) is 4.20. The first-order valence-electron chi connectivity index (χ1n) is 1.92. The van der Waals surface area contributed by atoms with E-state index in [9.17, 15) is 4.21 Å². The molecule has 0 radical (unpaired) electrons. The van der Waals surface area contributed by atoms with E-state index >= 15 is 0 Å². The van der Waals surface area contributed by atoms with Gasteiger partial charge in [-0.05, 0) is 6.08 Å². The molecule has 1 atom stereocenters. The van der Waals surface area contributed by atoms with Crippen LogP contribution in [-0.2, 0) is 11.3 Å². The summed E-state index contributed by atoms with van der Waals surface area (Å²) in [7, 11) is 0. The average molecular weight is 133 g/mol. The van der Waals surface area contributed by atoms with E-state index in [1.54, 1.807) is 0 Å². The van der Waals surface area contributed by atoms with Gasteiger partial charge in [-0.2, -0.15) is 0 Å². The molecule has 0 saturated heterocycles. The molecule has 0 aliphatic carbocycles. The quantitative estimate of drug-likeness (QED) is 0.433. The highest BCUT2D eigenvalue weighted by Crippen LogP contribution is 1.68. The summed E-state index contributed by atoms with van der Waals surface area (Å²) in [6.45, 7) is 3.35. The van der Waals surface area contributed by atoms with Gasteiger partial charge in [-0.15, -0.1) is 0 Å². The van der Waals surface area contributed by atoms with Gasteiger partial charge >= 0.3 is 0 Å². The summed E-state index contributed by atoms with van der Waals surface area (Å²) >= 11 is -1.95. The Morgan fingerprint density at radius 1 is 1.75 bits per heavy atom. The SMILES string of the molecule is C=C/C=C/NS(=O)O. The minimum atomic E-state index is -1.95. The highest BCUT2D eigenvalue weighted by atomic mass is 32.2. The van der Waals surface area contributed by atoms with Gasteiger partial charge in [0.25, 0.3) is 11.3 Å². The first-order chi connectivity index (χ1) is 3.77. The van der Waals surface area contributed by atoms with Crippen LogP contribution in [0, 0.1) is 0 Å². The first-order valence-corrected chi connectivity index (χ1v) is 3.02. The van der Waals surface area contributed by atoms with Crippen LogP contribution in [0.4, 0.5) is 0 Å². The third kappa shape index (κ3) is 5.39. The predicted molar refractivity (Wildman–Crippen MR) is 33.2 cm³/mol. The summed E-state index contributed by atoms with van der Waals surface area (Å²) in [5, 5.41) is 0. The fourth-order valence-electron chi connectivity index (χ4n) is 0.166. The lowest BCUT2D eigenvalue weighted by molar-refractivity contribution is 0.558. The zero-order chi connectivity index (χ0) is 6.41. The Balaban J connectivity index is 3.29. The van der Waals surface area contributed by atoms with Crippen molar-refractivity contribution >= 4 is 11.3 Å². The molecule has 0 aromatic rings. The molecule has 8 heavy (non-hydrogen) atoms. The third-order valence-electron chi connectivity index (χ3n) is 0.401. The van der Waals surface area contributed by atoms with Gasteiger partial charge in [0.15, 0.2) is 0 Å². The Hall–Kier alpha value is -0.610. The second kappa shape index (κ2) is 4.55. The number of allylic oxidation sites excluding steroid dienone is 2. The van der Waals surface area contributed by atoms with Gasteiger partial charge in [-0.3, -0.25) is 9.27 Å². The largest absolute Gasteiger partial charge is 0.289 e. The summed E-state index contributed by atoms with van der Waals surface area (Å²) < 4.78 is 20.0. The predicted octanol–water partition coefficient (Wildman–Crippen LogP) is 0.412. The lowest BCUT2D eigenvalue weighted by Crippen LogP contribution is -2.06. The summed E-state index contributed by atoms with van der Waals surface area (Å²) in [4.78, 5) is 0. The zero-order valence-corrected chi connectivity index (χ0v) is 5.02. The van der Waals surface area contributed by atoms with Gasteiger partial charge in [0, 0.05) is 6.20 Å². The molecule has 4 heteroatoms. The standard InChI is InChI=1S/C4H7NO2S/c1-2-3-4-5-8(6)7/h2-5H,1H2,(H,6,7)/b4-3+. The second-order valence-electron chi connectivity index (χ2n) is 0.962. The maximum absolute atomic E-state index is 9.79. The van der Waals surface area contributed by atoms with Gasteiger partial charge in [-0.1, -0.05) is 12.7 Å². The van der Waals surface area contributed by atoms with Crippen LogP contribution >= 0.6 is 0 Å². The summed E-state index contributed by atoms with van der Waals surface area (Å²) in [5.74, 6) is 0. The fourth-order valence-corrected chi connectivity index (χ4v) is 0.361. The lowest BCUT2D eigenvalue weighted by Gasteiger charge is -1.85. The molecule has 0 aromatic heterocycles. The number of nitrogens with one attached hydrogen (secondary N) is 1. The van der Waals surface area contributed by atoms with Crippen molar-refractivity contribution in [2.45, 2.75) is 0 Å². The molecule has 2 N–H and O–H groups in total. The van der Waals surface area contributed by atoms with Crippen LogP contribution in [0.25, 0.3) is 0 Å². The van der Waals surface area contributed by atoms with Gasteiger partial charge in [0.05, 0.1) is 0 Å². The van der Waals surface area contributed by atoms with E-state index in [0.29, 0.717) is 0 Å². The smallest absolute Gasteiger partial charge is 0.258 e. The van der Waals surface area contributed by atoms with E-state index in [0.717, 1.165) is 0 Å². The van der Waals surface area contributed by atoms with Crippen molar-refractivity contribution in [3.05, 3.63) is 24.9 Å². The summed E-state index contributed by atoms with van der Waals surface area (Å²) in [6, 6.07) is 0. The molecule has 0 fully saturated rings. The highest BCUT2D eigenvalue weighted by Gasteiger charge is 1.77. The monoisotopic (exact) mass is 133 g/mol. The molecule has 0 saturated carbocycles. The Kier molecular flexibility index (Phi) is 4.20. The van der Waals surface area contributed by atoms with Crippen LogP contribution in [0.2, 0.25) is 0 Å². The van der Waals surface area contributed by atoms with E-state index in [-0.39, 0.29) is 0 Å². The van der Waals surface area contributed by atoms with Crippen LogP contribution < -0.4 is 4.72 Å². The molecule has 46 valence electrons. The molecule has 0 bridgehead atoms. The second-order valence-corrected chi connectivity index (χ2v) is 1.70. The van der Waals surface area contributed by atoms with Crippen LogP contribution in [-0.4, -0.2) is 8.76 Å². The first kappa shape index (κ1) is 7.39. The van der Waals surface area contributed by atoms with E-state index in [1.807, 2.05) is 0 Å². The lowest BCUT2D eigenvalue weighted by atomic mass is 10.6. The van der Waals surface area contributed by atoms with Gasteiger partial charge < -0.3 is 0 Å². The van der Waals surface area contributed by atoms with Crippen molar-refractivity contribution in [1.82, 2.24) is 4.72 Å². The van der Waals surface area contributed by atoms with Crippen LogP contribution in [0.15, 0.2) is 24.9 Å². The van der Waals surface area contributed by atoms with E-state index in [2.05, 4.69) is 11.3 Å². The van der Waals surface area contributed by atoms with E-state index in [1.165, 1.54) is 18.4 Å². The summed E-state index contributed by atoms with van der Waals surface area (Å²) in [5.41, 5.74) is 0. The fraction of sp³-hybridized carbons (Fsp3) is 0. The molecule has 1 unspecified atom stereocenters. The molecule has 0 amide bonds. The van der Waals surface area contributed by atoms with Crippen LogP contribution in [0.1, 0.15) is 0 Å². The van der Waals surface area contributed by atoms with Crippen molar-refractivity contribution < 1.29 is 8.76 Å². The molecule has 3 nitrogen and oxygen atoms in total. The van der Waals surface area contributed by atoms with Gasteiger partial charge in [0.1, 0.15) is 0 Å². The molecule has 0 aliphatic heterocycles. The van der Waals surface area contributed by atoms with E-state index < -0.39 is 11.3 Å². The van der Waals surface area contributed by atoms with Crippen molar-refractivity contribution in [1.29, 1.82) is 0 Å². The minimum absolute atomic E-state index is 1.34. The Morgan fingerprint density at radius 3 is 2.75 bits per heavy atom. The number of rotatable bonds is 3. The topological polar surface area (TPSA) is 49.3 Å². The number of hydrogen-bond donors (Lipinski definition) is 2. The molecule has 0 rings (SSSR count). The molecular weight excluding hydrogens is 126 g/mol.